The normalized spacial score (nSPS) is 39.4. The van der Waals surface area contributed by atoms with E-state index < -0.39 is 0 Å². The number of nitrogens with one attached hydrogen (secondary N) is 1. The second kappa shape index (κ2) is 4.63. The van der Waals surface area contributed by atoms with Gasteiger partial charge in [-0.25, -0.2) is 0 Å². The van der Waals surface area contributed by atoms with Crippen LogP contribution in [-0.2, 0) is 0 Å². The third kappa shape index (κ3) is 2.29. The molecule has 0 amide bonds. The van der Waals surface area contributed by atoms with Crippen LogP contribution < -0.4 is 5.32 Å². The molecule has 1 aliphatic heterocycles. The van der Waals surface area contributed by atoms with E-state index in [1.807, 2.05) is 0 Å². The molecule has 1 saturated carbocycles. The minimum Gasteiger partial charge on any atom is -0.313 e. The van der Waals surface area contributed by atoms with E-state index in [1.165, 1.54) is 45.3 Å². The first-order valence-electron chi connectivity index (χ1n) is 6.32. The molecule has 82 valence electrons. The Morgan fingerprint density at radius 2 is 2.14 bits per heavy atom. The van der Waals surface area contributed by atoms with Gasteiger partial charge in [-0.05, 0) is 38.3 Å². The van der Waals surface area contributed by atoms with Crippen LogP contribution in [0.15, 0.2) is 0 Å². The highest BCUT2D eigenvalue weighted by atomic mass is 15.2. The summed E-state index contributed by atoms with van der Waals surface area (Å²) in [6.07, 6.45) is 5.46. The van der Waals surface area contributed by atoms with Gasteiger partial charge in [0, 0.05) is 18.6 Å². The van der Waals surface area contributed by atoms with Gasteiger partial charge in [-0.3, -0.25) is 4.90 Å². The molecule has 0 aromatic rings. The van der Waals surface area contributed by atoms with Crippen molar-refractivity contribution in [2.24, 2.45) is 5.92 Å². The van der Waals surface area contributed by atoms with Crippen LogP contribution in [0.25, 0.3) is 0 Å². The number of rotatable bonds is 3. The molecule has 2 heteroatoms. The second-order valence-corrected chi connectivity index (χ2v) is 4.88. The average Bonchev–Trinajstić information content (AvgIpc) is 3.00. The summed E-state index contributed by atoms with van der Waals surface area (Å²) >= 11 is 0. The maximum absolute atomic E-state index is 3.64. The molecular formula is C12H24N2. The van der Waals surface area contributed by atoms with Crippen molar-refractivity contribution in [3.8, 4) is 0 Å². The Hall–Kier alpha value is -0.0800. The van der Waals surface area contributed by atoms with E-state index in [0.717, 1.165) is 18.0 Å². The van der Waals surface area contributed by atoms with Gasteiger partial charge in [0.25, 0.3) is 0 Å². The van der Waals surface area contributed by atoms with Crippen molar-refractivity contribution in [3.63, 3.8) is 0 Å². The summed E-state index contributed by atoms with van der Waals surface area (Å²) in [7, 11) is 0. The number of nitrogens with zero attached hydrogens (tertiary/aromatic N) is 1. The summed E-state index contributed by atoms with van der Waals surface area (Å²) in [4.78, 5) is 2.74. The van der Waals surface area contributed by atoms with Crippen molar-refractivity contribution in [2.75, 3.05) is 19.6 Å². The Morgan fingerprint density at radius 1 is 1.29 bits per heavy atom. The molecule has 0 spiro atoms. The molecule has 2 rings (SSSR count). The van der Waals surface area contributed by atoms with Crippen LogP contribution in [0, 0.1) is 5.92 Å². The molecule has 0 aromatic carbocycles. The largest absolute Gasteiger partial charge is 0.313 e. The Morgan fingerprint density at radius 3 is 2.79 bits per heavy atom. The van der Waals surface area contributed by atoms with Gasteiger partial charge >= 0.3 is 0 Å². The summed E-state index contributed by atoms with van der Waals surface area (Å²) < 4.78 is 0. The first-order chi connectivity index (χ1) is 6.85. The van der Waals surface area contributed by atoms with Crippen molar-refractivity contribution in [1.82, 2.24) is 10.2 Å². The predicted octanol–water partition coefficient (Wildman–Crippen LogP) is 1.86. The van der Waals surface area contributed by atoms with Crippen LogP contribution in [0.1, 0.15) is 39.5 Å². The standard InChI is InChI=1S/C12H24N2/c1-3-10-8-12(10)14-7-5-6-13-11(4-2)9-14/h10-13H,3-9H2,1-2H3. The third-order valence-corrected chi connectivity index (χ3v) is 3.88. The highest BCUT2D eigenvalue weighted by molar-refractivity contribution is 4.95. The van der Waals surface area contributed by atoms with Crippen LogP contribution in [-0.4, -0.2) is 36.6 Å². The zero-order valence-corrected chi connectivity index (χ0v) is 9.63. The molecule has 14 heavy (non-hydrogen) atoms. The van der Waals surface area contributed by atoms with Gasteiger partial charge in [0.05, 0.1) is 0 Å². The first kappa shape index (κ1) is 10.4. The van der Waals surface area contributed by atoms with E-state index >= 15 is 0 Å². The van der Waals surface area contributed by atoms with Gasteiger partial charge in [0.2, 0.25) is 0 Å². The fourth-order valence-corrected chi connectivity index (χ4v) is 2.72. The predicted molar refractivity (Wildman–Crippen MR) is 60.5 cm³/mol. The minimum atomic E-state index is 0.746. The van der Waals surface area contributed by atoms with Crippen molar-refractivity contribution < 1.29 is 0 Å². The summed E-state index contributed by atoms with van der Waals surface area (Å²) in [5, 5.41) is 3.64. The van der Waals surface area contributed by atoms with Crippen LogP contribution in [0.2, 0.25) is 0 Å². The van der Waals surface area contributed by atoms with E-state index in [4.69, 9.17) is 0 Å². The van der Waals surface area contributed by atoms with Crippen LogP contribution in [0.4, 0.5) is 0 Å². The summed E-state index contributed by atoms with van der Waals surface area (Å²) in [5.74, 6) is 1.02. The maximum atomic E-state index is 3.64. The quantitative estimate of drug-likeness (QED) is 0.741. The molecule has 2 fully saturated rings. The summed E-state index contributed by atoms with van der Waals surface area (Å²) in [5.41, 5.74) is 0. The van der Waals surface area contributed by atoms with Gasteiger partial charge in [-0.2, -0.15) is 0 Å². The molecule has 0 radical (unpaired) electrons. The van der Waals surface area contributed by atoms with Gasteiger partial charge in [0.1, 0.15) is 0 Å². The van der Waals surface area contributed by atoms with Crippen molar-refractivity contribution in [1.29, 1.82) is 0 Å². The van der Waals surface area contributed by atoms with Crippen LogP contribution in [0.5, 0.6) is 0 Å². The molecule has 1 saturated heterocycles. The monoisotopic (exact) mass is 196 g/mol. The van der Waals surface area contributed by atoms with E-state index in [-0.39, 0.29) is 0 Å². The molecular weight excluding hydrogens is 172 g/mol. The fraction of sp³-hybridized carbons (Fsp3) is 1.00. The lowest BCUT2D eigenvalue weighted by molar-refractivity contribution is 0.243. The molecule has 0 aromatic heterocycles. The highest BCUT2D eigenvalue weighted by Crippen LogP contribution is 2.38. The lowest BCUT2D eigenvalue weighted by atomic mass is 10.2. The van der Waals surface area contributed by atoms with Gasteiger partial charge in [-0.1, -0.05) is 20.3 Å². The topological polar surface area (TPSA) is 15.3 Å². The number of hydrogen-bond donors (Lipinski definition) is 1. The van der Waals surface area contributed by atoms with E-state index in [2.05, 4.69) is 24.1 Å². The SMILES string of the molecule is CCC1CN(C2CC2CC)CCCN1. The summed E-state index contributed by atoms with van der Waals surface area (Å²) in [6, 6.07) is 1.68. The lowest BCUT2D eigenvalue weighted by Crippen LogP contribution is -2.38. The Bertz CT molecular complexity index is 181. The van der Waals surface area contributed by atoms with Gasteiger partial charge < -0.3 is 5.32 Å². The molecule has 0 bridgehead atoms. The second-order valence-electron chi connectivity index (χ2n) is 4.88. The lowest BCUT2D eigenvalue weighted by Gasteiger charge is -2.23. The smallest absolute Gasteiger partial charge is 0.0192 e. The zero-order valence-electron chi connectivity index (χ0n) is 9.63. The molecule has 2 nitrogen and oxygen atoms in total. The average molecular weight is 196 g/mol. The Balaban J connectivity index is 1.85. The molecule has 1 heterocycles. The molecule has 3 atom stereocenters. The fourth-order valence-electron chi connectivity index (χ4n) is 2.72. The van der Waals surface area contributed by atoms with Crippen molar-refractivity contribution >= 4 is 0 Å². The minimum absolute atomic E-state index is 0.746. The first-order valence-corrected chi connectivity index (χ1v) is 6.32. The molecule has 1 aliphatic carbocycles. The highest BCUT2D eigenvalue weighted by Gasteiger charge is 2.40. The van der Waals surface area contributed by atoms with Crippen molar-refractivity contribution in [2.45, 2.75) is 51.6 Å². The molecule has 1 N–H and O–H groups in total. The molecule has 2 aliphatic rings. The van der Waals surface area contributed by atoms with E-state index in [1.54, 1.807) is 0 Å². The number of hydrogen-bond acceptors (Lipinski definition) is 2. The maximum Gasteiger partial charge on any atom is 0.0192 e. The zero-order chi connectivity index (χ0) is 9.97. The van der Waals surface area contributed by atoms with Crippen LogP contribution >= 0.6 is 0 Å². The Labute approximate surface area is 88.1 Å². The molecule has 3 unspecified atom stereocenters. The van der Waals surface area contributed by atoms with E-state index in [0.29, 0.717) is 0 Å². The third-order valence-electron chi connectivity index (χ3n) is 3.88. The van der Waals surface area contributed by atoms with Gasteiger partial charge in [-0.15, -0.1) is 0 Å². The van der Waals surface area contributed by atoms with Gasteiger partial charge in [0.15, 0.2) is 0 Å². The van der Waals surface area contributed by atoms with Crippen LogP contribution in [0.3, 0.4) is 0 Å². The van der Waals surface area contributed by atoms with E-state index in [9.17, 15) is 0 Å². The van der Waals surface area contributed by atoms with Crippen molar-refractivity contribution in [3.05, 3.63) is 0 Å². The Kier molecular flexibility index (Phi) is 3.45. The summed E-state index contributed by atoms with van der Waals surface area (Å²) in [6.45, 7) is 8.46.